The molecule has 11 heavy (non-hydrogen) atoms. The molecule has 3 nitrogen and oxygen atoms in total. The molecule has 2 N–H and O–H groups in total. The van der Waals surface area contributed by atoms with Crippen LogP contribution in [0, 0.1) is 6.92 Å². The third kappa shape index (κ3) is 1.76. The molecule has 0 saturated heterocycles. The average molecular weight is 153 g/mol. The Morgan fingerprint density at radius 2 is 2.00 bits per heavy atom. The molecule has 0 bridgehead atoms. The van der Waals surface area contributed by atoms with E-state index in [1.165, 1.54) is 0 Å². The van der Waals surface area contributed by atoms with Gasteiger partial charge < -0.3 is 10.2 Å². The first kappa shape index (κ1) is 8.17. The molecular formula is C8H11NO2. The Balaban J connectivity index is 3.06. The SMILES string of the molecule is Cc1ccc(CO)c(CO)n1. The zero-order chi connectivity index (χ0) is 8.27. The fourth-order valence-corrected chi connectivity index (χ4v) is 0.920. The van der Waals surface area contributed by atoms with Gasteiger partial charge in [-0.1, -0.05) is 6.07 Å². The van der Waals surface area contributed by atoms with Crippen molar-refractivity contribution >= 4 is 0 Å². The van der Waals surface area contributed by atoms with Crippen LogP contribution >= 0.6 is 0 Å². The van der Waals surface area contributed by atoms with Gasteiger partial charge in [0, 0.05) is 11.3 Å². The van der Waals surface area contributed by atoms with Crippen molar-refractivity contribution in [2.45, 2.75) is 20.1 Å². The molecule has 1 heterocycles. The van der Waals surface area contributed by atoms with Crippen LogP contribution in [-0.2, 0) is 13.2 Å². The fourth-order valence-electron chi connectivity index (χ4n) is 0.920. The molecule has 0 aliphatic carbocycles. The molecular weight excluding hydrogens is 142 g/mol. The van der Waals surface area contributed by atoms with Gasteiger partial charge in [-0.05, 0) is 13.0 Å². The number of aliphatic hydroxyl groups is 2. The van der Waals surface area contributed by atoms with Gasteiger partial charge in [0.15, 0.2) is 0 Å². The number of rotatable bonds is 2. The van der Waals surface area contributed by atoms with Crippen LogP contribution in [0.15, 0.2) is 12.1 Å². The van der Waals surface area contributed by atoms with Crippen molar-refractivity contribution in [1.29, 1.82) is 0 Å². The molecule has 1 aromatic rings. The molecule has 0 amide bonds. The quantitative estimate of drug-likeness (QED) is 0.645. The van der Waals surface area contributed by atoms with Crippen molar-refractivity contribution in [3.63, 3.8) is 0 Å². The van der Waals surface area contributed by atoms with E-state index in [-0.39, 0.29) is 13.2 Å². The summed E-state index contributed by atoms with van der Waals surface area (Å²) in [6, 6.07) is 3.58. The maximum atomic E-state index is 8.80. The van der Waals surface area contributed by atoms with Crippen molar-refractivity contribution in [2.75, 3.05) is 0 Å². The monoisotopic (exact) mass is 153 g/mol. The van der Waals surface area contributed by atoms with E-state index in [1.807, 2.05) is 13.0 Å². The van der Waals surface area contributed by atoms with Crippen LogP contribution in [0.1, 0.15) is 17.0 Å². The topological polar surface area (TPSA) is 53.4 Å². The van der Waals surface area contributed by atoms with Gasteiger partial charge in [0.1, 0.15) is 0 Å². The molecule has 3 heteroatoms. The molecule has 1 aromatic heterocycles. The van der Waals surface area contributed by atoms with Crippen LogP contribution in [0.2, 0.25) is 0 Å². The Morgan fingerprint density at radius 3 is 2.55 bits per heavy atom. The number of hydrogen-bond donors (Lipinski definition) is 2. The summed E-state index contributed by atoms with van der Waals surface area (Å²) in [7, 11) is 0. The summed E-state index contributed by atoms with van der Waals surface area (Å²) < 4.78 is 0. The summed E-state index contributed by atoms with van der Waals surface area (Å²) in [5.41, 5.74) is 2.11. The molecule has 0 aliphatic rings. The summed E-state index contributed by atoms with van der Waals surface area (Å²) in [4.78, 5) is 4.05. The summed E-state index contributed by atoms with van der Waals surface area (Å²) in [6.07, 6.45) is 0. The summed E-state index contributed by atoms with van der Waals surface area (Å²) in [5, 5.41) is 17.6. The van der Waals surface area contributed by atoms with Crippen LogP contribution in [0.25, 0.3) is 0 Å². The first-order valence-corrected chi connectivity index (χ1v) is 3.45. The third-order valence-electron chi connectivity index (χ3n) is 1.53. The summed E-state index contributed by atoms with van der Waals surface area (Å²) >= 11 is 0. The molecule has 0 fully saturated rings. The molecule has 0 spiro atoms. The largest absolute Gasteiger partial charge is 0.392 e. The summed E-state index contributed by atoms with van der Waals surface area (Å²) in [5.74, 6) is 0. The van der Waals surface area contributed by atoms with Crippen LogP contribution < -0.4 is 0 Å². The zero-order valence-corrected chi connectivity index (χ0v) is 6.41. The van der Waals surface area contributed by atoms with Crippen molar-refractivity contribution in [2.24, 2.45) is 0 Å². The minimum atomic E-state index is -0.114. The van der Waals surface area contributed by atoms with E-state index < -0.39 is 0 Å². The summed E-state index contributed by atoms with van der Waals surface area (Å²) in [6.45, 7) is 1.67. The number of aryl methyl sites for hydroxylation is 1. The van der Waals surface area contributed by atoms with Crippen molar-refractivity contribution < 1.29 is 10.2 Å². The Kier molecular flexibility index (Phi) is 2.57. The second-order valence-electron chi connectivity index (χ2n) is 2.37. The molecule has 0 radical (unpaired) electrons. The van der Waals surface area contributed by atoms with Crippen LogP contribution in [0.5, 0.6) is 0 Å². The zero-order valence-electron chi connectivity index (χ0n) is 6.41. The molecule has 60 valence electrons. The standard InChI is InChI=1S/C8H11NO2/c1-6-2-3-7(4-10)8(5-11)9-6/h2-3,10-11H,4-5H2,1H3. The normalized spacial score (nSPS) is 10.1. The van der Waals surface area contributed by atoms with Gasteiger partial charge in [-0.15, -0.1) is 0 Å². The number of nitrogens with zero attached hydrogens (tertiary/aromatic N) is 1. The van der Waals surface area contributed by atoms with Gasteiger partial charge in [-0.2, -0.15) is 0 Å². The third-order valence-corrected chi connectivity index (χ3v) is 1.53. The van der Waals surface area contributed by atoms with E-state index >= 15 is 0 Å². The van der Waals surface area contributed by atoms with Gasteiger partial charge in [-0.25, -0.2) is 0 Å². The van der Waals surface area contributed by atoms with Gasteiger partial charge in [-0.3, -0.25) is 4.98 Å². The Hall–Kier alpha value is -0.930. The smallest absolute Gasteiger partial charge is 0.0856 e. The Morgan fingerprint density at radius 1 is 1.27 bits per heavy atom. The molecule has 0 aromatic carbocycles. The lowest BCUT2D eigenvalue weighted by molar-refractivity contribution is 0.255. The molecule has 1 rings (SSSR count). The lowest BCUT2D eigenvalue weighted by Gasteiger charge is -2.03. The maximum absolute atomic E-state index is 8.80. The lowest BCUT2D eigenvalue weighted by Crippen LogP contribution is -1.98. The Labute approximate surface area is 65.3 Å². The van der Waals surface area contributed by atoms with E-state index in [0.29, 0.717) is 11.3 Å². The van der Waals surface area contributed by atoms with Crippen LogP contribution in [-0.4, -0.2) is 15.2 Å². The number of pyridine rings is 1. The van der Waals surface area contributed by atoms with E-state index in [2.05, 4.69) is 4.98 Å². The van der Waals surface area contributed by atoms with E-state index in [0.717, 1.165) is 5.69 Å². The molecule has 0 saturated carbocycles. The first-order valence-electron chi connectivity index (χ1n) is 3.45. The van der Waals surface area contributed by atoms with Gasteiger partial charge in [0.25, 0.3) is 0 Å². The van der Waals surface area contributed by atoms with Gasteiger partial charge in [0.05, 0.1) is 18.9 Å². The second kappa shape index (κ2) is 3.46. The highest BCUT2D eigenvalue weighted by Crippen LogP contribution is 2.06. The van der Waals surface area contributed by atoms with E-state index in [9.17, 15) is 0 Å². The Bertz CT molecular complexity index is 248. The van der Waals surface area contributed by atoms with E-state index in [4.69, 9.17) is 10.2 Å². The minimum absolute atomic E-state index is 0.0663. The molecule has 0 unspecified atom stereocenters. The van der Waals surface area contributed by atoms with Gasteiger partial charge >= 0.3 is 0 Å². The highest BCUT2D eigenvalue weighted by Gasteiger charge is 2.00. The second-order valence-corrected chi connectivity index (χ2v) is 2.37. The number of hydrogen-bond acceptors (Lipinski definition) is 3. The lowest BCUT2D eigenvalue weighted by atomic mass is 10.2. The molecule has 0 atom stereocenters. The fraction of sp³-hybridized carbons (Fsp3) is 0.375. The number of aromatic nitrogens is 1. The highest BCUT2D eigenvalue weighted by atomic mass is 16.3. The van der Waals surface area contributed by atoms with Crippen molar-refractivity contribution in [3.05, 3.63) is 29.1 Å². The van der Waals surface area contributed by atoms with Gasteiger partial charge in [0.2, 0.25) is 0 Å². The highest BCUT2D eigenvalue weighted by molar-refractivity contribution is 5.21. The predicted octanol–water partition coefficient (Wildman–Crippen LogP) is 0.375. The average Bonchev–Trinajstić information content (AvgIpc) is 2.04. The van der Waals surface area contributed by atoms with Crippen LogP contribution in [0.4, 0.5) is 0 Å². The van der Waals surface area contributed by atoms with Crippen molar-refractivity contribution in [3.8, 4) is 0 Å². The first-order chi connectivity index (χ1) is 5.27. The predicted molar refractivity (Wildman–Crippen MR) is 40.8 cm³/mol. The maximum Gasteiger partial charge on any atom is 0.0856 e. The van der Waals surface area contributed by atoms with Crippen molar-refractivity contribution in [1.82, 2.24) is 4.98 Å². The van der Waals surface area contributed by atoms with E-state index in [1.54, 1.807) is 6.07 Å². The van der Waals surface area contributed by atoms with Crippen LogP contribution in [0.3, 0.4) is 0 Å². The molecule has 0 aliphatic heterocycles. The minimum Gasteiger partial charge on any atom is -0.392 e. The number of aliphatic hydroxyl groups excluding tert-OH is 2.